The maximum Gasteiger partial charge on any atom is 0.274 e. The van der Waals surface area contributed by atoms with Crippen LogP contribution in [0.15, 0.2) is 35.8 Å². The van der Waals surface area contributed by atoms with Gasteiger partial charge in [0, 0.05) is 0 Å². The van der Waals surface area contributed by atoms with Gasteiger partial charge in [-0.2, -0.15) is 0 Å². The molecule has 2 aromatic rings. The van der Waals surface area contributed by atoms with E-state index in [0.717, 1.165) is 17.0 Å². The van der Waals surface area contributed by atoms with Crippen molar-refractivity contribution in [3.63, 3.8) is 0 Å². The summed E-state index contributed by atoms with van der Waals surface area (Å²) in [5, 5.41) is 0. The molecule has 0 atom stereocenters. The Morgan fingerprint density at radius 2 is 1.95 bits per heavy atom. The number of benzene rings is 1. The zero-order valence-corrected chi connectivity index (χ0v) is 12.2. The second-order valence-electron chi connectivity index (χ2n) is 4.24. The Kier molecular flexibility index (Phi) is 4.35. The van der Waals surface area contributed by atoms with Crippen LogP contribution >= 0.6 is 0 Å². The molecule has 19 heavy (non-hydrogen) atoms. The fourth-order valence-corrected chi connectivity index (χ4v) is 2.08. The summed E-state index contributed by atoms with van der Waals surface area (Å²) in [6.07, 6.45) is 4.50. The maximum atomic E-state index is 5.85. The van der Waals surface area contributed by atoms with Crippen molar-refractivity contribution in [2.45, 2.75) is 20.0 Å². The van der Waals surface area contributed by atoms with Gasteiger partial charge in [0.2, 0.25) is 0 Å². The van der Waals surface area contributed by atoms with Gasteiger partial charge in [-0.25, -0.2) is 19.9 Å². The van der Waals surface area contributed by atoms with Gasteiger partial charge < -0.3 is 4.43 Å². The Labute approximate surface area is 114 Å². The van der Waals surface area contributed by atoms with Gasteiger partial charge in [-0.1, -0.05) is 6.07 Å². The summed E-state index contributed by atoms with van der Waals surface area (Å²) in [6.45, 7) is 6.21. The van der Waals surface area contributed by atoms with Crippen LogP contribution in [0, 0.1) is 6.92 Å². The minimum atomic E-state index is -0.823. The molecule has 0 saturated heterocycles. The van der Waals surface area contributed by atoms with Crippen LogP contribution in [0.4, 0.5) is 5.69 Å². The van der Waals surface area contributed by atoms with Crippen LogP contribution in [0.1, 0.15) is 11.4 Å². The molecule has 97 valence electrons. The van der Waals surface area contributed by atoms with Crippen molar-refractivity contribution >= 4 is 20.9 Å². The fraction of sp³-hybridized carbons (Fsp3) is 0.231. The van der Waals surface area contributed by atoms with Crippen molar-refractivity contribution < 1.29 is 4.43 Å². The molecule has 1 radical (unpaired) electrons. The van der Waals surface area contributed by atoms with Gasteiger partial charge >= 0.3 is 0 Å². The molecule has 0 N–H and O–H groups in total. The number of hydrogen-bond acceptors (Lipinski definition) is 5. The van der Waals surface area contributed by atoms with Crippen LogP contribution in [0.3, 0.4) is 0 Å². The Hall–Kier alpha value is -2.08. The van der Waals surface area contributed by atoms with Gasteiger partial charge in [-0.3, -0.25) is 0 Å². The van der Waals surface area contributed by atoms with E-state index in [1.807, 2.05) is 25.1 Å². The number of rotatable bonds is 4. The summed E-state index contributed by atoms with van der Waals surface area (Å²) in [7, 11) is -0.823. The molecule has 2 rings (SSSR count). The van der Waals surface area contributed by atoms with Crippen LogP contribution in [0.5, 0.6) is 5.75 Å². The van der Waals surface area contributed by atoms with Crippen LogP contribution in [0.25, 0.3) is 0 Å². The van der Waals surface area contributed by atoms with Crippen molar-refractivity contribution in [2.75, 3.05) is 0 Å². The second-order valence-corrected chi connectivity index (χ2v) is 6.26. The molecule has 1 heterocycles. The fourth-order valence-electron chi connectivity index (χ4n) is 1.47. The molecule has 0 unspecified atom stereocenters. The number of hydrogen-bond donors (Lipinski definition) is 0. The Morgan fingerprint density at radius 1 is 1.21 bits per heavy atom. The summed E-state index contributed by atoms with van der Waals surface area (Å²) in [4.78, 5) is 16.1. The highest BCUT2D eigenvalue weighted by atomic mass is 28.3. The van der Waals surface area contributed by atoms with Crippen LogP contribution < -0.4 is 4.43 Å². The smallest absolute Gasteiger partial charge is 0.274 e. The highest BCUT2D eigenvalue weighted by molar-refractivity contribution is 6.49. The monoisotopic (exact) mass is 271 g/mol. The molecule has 1 aromatic carbocycles. The first kappa shape index (κ1) is 13.4. The normalized spacial score (nSPS) is 11.2. The lowest BCUT2D eigenvalue weighted by Gasteiger charge is -2.11. The second kappa shape index (κ2) is 6.19. The zero-order valence-electron chi connectivity index (χ0n) is 11.2. The van der Waals surface area contributed by atoms with Crippen molar-refractivity contribution in [1.82, 2.24) is 15.0 Å². The Balaban J connectivity index is 2.26. The molecule has 0 aliphatic heterocycles. The predicted octanol–water partition coefficient (Wildman–Crippen LogP) is 2.56. The molecule has 5 nitrogen and oxygen atoms in total. The topological polar surface area (TPSA) is 60.3 Å². The predicted molar refractivity (Wildman–Crippen MR) is 76.4 cm³/mol. The molecule has 6 heteroatoms. The lowest BCUT2D eigenvalue weighted by molar-refractivity contribution is 0.581. The van der Waals surface area contributed by atoms with E-state index in [9.17, 15) is 0 Å². The highest BCUT2D eigenvalue weighted by Crippen LogP contribution is 2.28. The Bertz CT molecular complexity index is 572. The average molecular weight is 271 g/mol. The van der Waals surface area contributed by atoms with Crippen molar-refractivity contribution in [3.05, 3.63) is 42.2 Å². The van der Waals surface area contributed by atoms with Crippen molar-refractivity contribution in [2.24, 2.45) is 4.99 Å². The zero-order chi connectivity index (χ0) is 13.7. The molecule has 0 aliphatic rings. The standard InChI is InChI=1S/C13H15N4OSi/c1-10-4-5-11(12(6-10)18-19(2)3)15-7-13-16-8-14-9-17-13/h4-9H,1-3H3. The first-order valence-electron chi connectivity index (χ1n) is 5.90. The van der Waals surface area contributed by atoms with E-state index in [1.165, 1.54) is 12.7 Å². The summed E-state index contributed by atoms with van der Waals surface area (Å²) in [5.74, 6) is 1.34. The van der Waals surface area contributed by atoms with Crippen molar-refractivity contribution in [3.8, 4) is 5.75 Å². The number of nitrogens with zero attached hydrogens (tertiary/aromatic N) is 4. The third-order valence-electron chi connectivity index (χ3n) is 2.26. The van der Waals surface area contributed by atoms with Crippen LogP contribution in [0.2, 0.25) is 13.1 Å². The first-order chi connectivity index (χ1) is 9.15. The van der Waals surface area contributed by atoms with E-state index in [2.05, 4.69) is 33.0 Å². The van der Waals surface area contributed by atoms with E-state index in [4.69, 9.17) is 4.43 Å². The molecule has 0 bridgehead atoms. The molecule has 1 aromatic heterocycles. The molecule has 0 saturated carbocycles. The van der Waals surface area contributed by atoms with Crippen molar-refractivity contribution in [1.29, 1.82) is 0 Å². The lowest BCUT2D eigenvalue weighted by atomic mass is 10.2. The van der Waals surface area contributed by atoms with E-state index in [0.29, 0.717) is 5.82 Å². The molecular weight excluding hydrogens is 256 g/mol. The maximum absolute atomic E-state index is 5.85. The first-order valence-corrected chi connectivity index (χ1v) is 8.31. The van der Waals surface area contributed by atoms with Gasteiger partial charge in [0.15, 0.2) is 5.82 Å². The summed E-state index contributed by atoms with van der Waals surface area (Å²) >= 11 is 0. The van der Waals surface area contributed by atoms with Crippen LogP contribution in [-0.4, -0.2) is 30.2 Å². The molecular formula is C13H15N4OSi. The van der Waals surface area contributed by atoms with E-state index in [1.54, 1.807) is 6.21 Å². The Morgan fingerprint density at radius 3 is 2.63 bits per heavy atom. The van der Waals surface area contributed by atoms with Crippen LogP contribution in [-0.2, 0) is 0 Å². The summed E-state index contributed by atoms with van der Waals surface area (Å²) in [5.41, 5.74) is 1.94. The summed E-state index contributed by atoms with van der Waals surface area (Å²) in [6, 6.07) is 5.94. The highest BCUT2D eigenvalue weighted by Gasteiger charge is 2.06. The minimum absolute atomic E-state index is 0.528. The average Bonchev–Trinajstić information content (AvgIpc) is 2.38. The summed E-state index contributed by atoms with van der Waals surface area (Å²) < 4.78 is 5.85. The lowest BCUT2D eigenvalue weighted by Crippen LogP contribution is -2.11. The van der Waals surface area contributed by atoms with Gasteiger partial charge in [0.1, 0.15) is 24.1 Å². The van der Waals surface area contributed by atoms with E-state index < -0.39 is 9.04 Å². The quantitative estimate of drug-likeness (QED) is 0.633. The van der Waals surface area contributed by atoms with Gasteiger partial charge in [0.25, 0.3) is 9.04 Å². The van der Waals surface area contributed by atoms with Gasteiger partial charge in [-0.15, -0.1) is 0 Å². The van der Waals surface area contributed by atoms with Gasteiger partial charge in [0.05, 0.1) is 6.21 Å². The molecule has 0 aliphatic carbocycles. The molecule has 0 fully saturated rings. The number of aromatic nitrogens is 3. The third-order valence-corrected chi connectivity index (χ3v) is 2.89. The molecule has 0 spiro atoms. The van der Waals surface area contributed by atoms with E-state index >= 15 is 0 Å². The SMILES string of the molecule is Cc1ccc(N=Cc2ncncn2)c(O[Si](C)C)c1. The number of aliphatic imine (C=N–C) groups is 1. The minimum Gasteiger partial charge on any atom is -0.541 e. The van der Waals surface area contributed by atoms with E-state index in [-0.39, 0.29) is 0 Å². The largest absolute Gasteiger partial charge is 0.541 e. The third kappa shape index (κ3) is 3.96. The number of aryl methyl sites for hydroxylation is 1. The van der Waals surface area contributed by atoms with Gasteiger partial charge in [-0.05, 0) is 37.7 Å². The molecule has 0 amide bonds.